The summed E-state index contributed by atoms with van der Waals surface area (Å²) in [5.74, 6) is 0.0199. The smallest absolute Gasteiger partial charge is 0.267 e. The summed E-state index contributed by atoms with van der Waals surface area (Å²) in [6.07, 6.45) is 6.21. The van der Waals surface area contributed by atoms with E-state index in [2.05, 4.69) is 10.2 Å². The Morgan fingerprint density at radius 1 is 1.35 bits per heavy atom. The molecule has 0 bridgehead atoms. The molecule has 2 aromatic rings. The van der Waals surface area contributed by atoms with Crippen molar-refractivity contribution in [1.82, 2.24) is 14.7 Å². The van der Waals surface area contributed by atoms with Crippen LogP contribution in [-0.2, 0) is 4.79 Å². The number of nitriles is 1. The number of hydrogen-bond donors (Lipinski definition) is 1. The fourth-order valence-corrected chi connectivity index (χ4v) is 3.20. The number of piperidine rings is 1. The standard InChI is InChI=1S/C19H21N5O2/c1-13-7-6-10-24-16(13)22-17(23-8-4-3-5-9-23)15(19(24)26)11-14(12-20)18(25)21-2/h6-7,10-11H,3-5,8-9H2,1-2H3,(H,21,25)/b14-11+. The third kappa shape index (κ3) is 3.18. The maximum Gasteiger partial charge on any atom is 0.267 e. The lowest BCUT2D eigenvalue weighted by Gasteiger charge is -2.29. The van der Waals surface area contributed by atoms with Crippen molar-refractivity contribution in [3.8, 4) is 6.07 Å². The van der Waals surface area contributed by atoms with Gasteiger partial charge >= 0.3 is 0 Å². The molecule has 0 unspecified atom stereocenters. The van der Waals surface area contributed by atoms with E-state index in [-0.39, 0.29) is 16.7 Å². The Morgan fingerprint density at radius 3 is 2.73 bits per heavy atom. The van der Waals surface area contributed by atoms with Gasteiger partial charge in [0.05, 0.1) is 5.56 Å². The van der Waals surface area contributed by atoms with Crippen LogP contribution in [0.3, 0.4) is 0 Å². The molecule has 0 aromatic carbocycles. The monoisotopic (exact) mass is 351 g/mol. The molecule has 3 rings (SSSR count). The number of carbonyl (C=O) groups excluding carboxylic acids is 1. The van der Waals surface area contributed by atoms with Crippen LogP contribution < -0.4 is 15.8 Å². The lowest BCUT2D eigenvalue weighted by Crippen LogP contribution is -2.34. The molecule has 7 heteroatoms. The number of pyridine rings is 1. The fourth-order valence-electron chi connectivity index (χ4n) is 3.20. The van der Waals surface area contributed by atoms with E-state index < -0.39 is 5.91 Å². The molecule has 1 amide bonds. The second-order valence-corrected chi connectivity index (χ2v) is 6.34. The second kappa shape index (κ2) is 7.40. The molecule has 0 radical (unpaired) electrons. The predicted octanol–water partition coefficient (Wildman–Crippen LogP) is 1.65. The zero-order chi connectivity index (χ0) is 18.7. The summed E-state index contributed by atoms with van der Waals surface area (Å²) in [4.78, 5) is 31.8. The van der Waals surface area contributed by atoms with Gasteiger partial charge in [0.15, 0.2) is 0 Å². The van der Waals surface area contributed by atoms with Crippen molar-refractivity contribution in [1.29, 1.82) is 5.26 Å². The molecule has 134 valence electrons. The lowest BCUT2D eigenvalue weighted by molar-refractivity contribution is -0.116. The molecule has 1 N–H and O–H groups in total. The summed E-state index contributed by atoms with van der Waals surface area (Å²) in [5, 5.41) is 11.7. The van der Waals surface area contributed by atoms with Crippen LogP contribution in [0.1, 0.15) is 30.4 Å². The molecule has 26 heavy (non-hydrogen) atoms. The molecule has 7 nitrogen and oxygen atoms in total. The number of amides is 1. The number of nitrogens with zero attached hydrogens (tertiary/aromatic N) is 4. The number of hydrogen-bond acceptors (Lipinski definition) is 5. The van der Waals surface area contributed by atoms with Crippen LogP contribution in [0.25, 0.3) is 11.7 Å². The Bertz CT molecular complexity index is 978. The van der Waals surface area contributed by atoms with Crippen LogP contribution in [0.5, 0.6) is 0 Å². The summed E-state index contributed by atoms with van der Waals surface area (Å²) >= 11 is 0. The van der Waals surface area contributed by atoms with E-state index in [9.17, 15) is 14.9 Å². The number of aryl methyl sites for hydroxylation is 1. The molecule has 1 fully saturated rings. The molecular weight excluding hydrogens is 330 g/mol. The normalized spacial score (nSPS) is 15.0. The predicted molar refractivity (Wildman–Crippen MR) is 99.9 cm³/mol. The Balaban J connectivity index is 2.30. The zero-order valence-electron chi connectivity index (χ0n) is 15.0. The number of anilines is 1. The SMILES string of the molecule is CNC(=O)/C(C#N)=C/c1c(N2CCCCC2)nc2c(C)cccn2c1=O. The fraction of sp³-hybridized carbons (Fsp3) is 0.368. The highest BCUT2D eigenvalue weighted by atomic mass is 16.1. The topological polar surface area (TPSA) is 90.5 Å². The second-order valence-electron chi connectivity index (χ2n) is 6.34. The number of rotatable bonds is 3. The average molecular weight is 351 g/mol. The van der Waals surface area contributed by atoms with Crippen LogP contribution in [0, 0.1) is 18.3 Å². The van der Waals surface area contributed by atoms with Gasteiger partial charge in [0.1, 0.15) is 23.1 Å². The van der Waals surface area contributed by atoms with Crippen LogP contribution >= 0.6 is 0 Å². The van der Waals surface area contributed by atoms with E-state index in [1.165, 1.54) is 17.5 Å². The van der Waals surface area contributed by atoms with Crippen LogP contribution in [-0.4, -0.2) is 35.4 Å². The minimum Gasteiger partial charge on any atom is -0.356 e. The van der Waals surface area contributed by atoms with Crippen LogP contribution in [0.15, 0.2) is 28.7 Å². The van der Waals surface area contributed by atoms with Crippen molar-refractivity contribution < 1.29 is 4.79 Å². The van der Waals surface area contributed by atoms with E-state index in [1.807, 2.05) is 19.1 Å². The highest BCUT2D eigenvalue weighted by Crippen LogP contribution is 2.23. The molecule has 0 spiro atoms. The summed E-state index contributed by atoms with van der Waals surface area (Å²) in [7, 11) is 1.45. The molecule has 0 aliphatic carbocycles. The van der Waals surface area contributed by atoms with E-state index in [4.69, 9.17) is 4.98 Å². The Kier molecular flexibility index (Phi) is 5.03. The van der Waals surface area contributed by atoms with Gasteiger partial charge < -0.3 is 10.2 Å². The molecule has 2 aromatic heterocycles. The van der Waals surface area contributed by atoms with Crippen molar-refractivity contribution in [2.45, 2.75) is 26.2 Å². The summed E-state index contributed by atoms with van der Waals surface area (Å²) in [5.41, 5.74) is 1.36. The Morgan fingerprint density at radius 2 is 2.08 bits per heavy atom. The highest BCUT2D eigenvalue weighted by Gasteiger charge is 2.21. The third-order valence-electron chi connectivity index (χ3n) is 4.60. The number of likely N-dealkylation sites (N-methyl/N-ethyl adjacent to an activating group) is 1. The van der Waals surface area contributed by atoms with Crippen molar-refractivity contribution in [3.63, 3.8) is 0 Å². The van der Waals surface area contributed by atoms with Crippen molar-refractivity contribution in [3.05, 3.63) is 45.4 Å². The van der Waals surface area contributed by atoms with Gasteiger partial charge in [-0.2, -0.15) is 5.26 Å². The van der Waals surface area contributed by atoms with Gasteiger partial charge in [-0.25, -0.2) is 4.98 Å². The minimum absolute atomic E-state index is 0.114. The highest BCUT2D eigenvalue weighted by molar-refractivity contribution is 6.02. The summed E-state index contributed by atoms with van der Waals surface area (Å²) < 4.78 is 1.47. The molecular formula is C19H21N5O2. The van der Waals surface area contributed by atoms with E-state index in [0.29, 0.717) is 11.5 Å². The Labute approximate surface area is 151 Å². The molecule has 0 saturated carbocycles. The van der Waals surface area contributed by atoms with E-state index >= 15 is 0 Å². The van der Waals surface area contributed by atoms with Crippen molar-refractivity contribution in [2.75, 3.05) is 25.0 Å². The lowest BCUT2D eigenvalue weighted by atomic mass is 10.1. The third-order valence-corrected chi connectivity index (χ3v) is 4.60. The van der Waals surface area contributed by atoms with Gasteiger partial charge in [-0.1, -0.05) is 6.07 Å². The van der Waals surface area contributed by atoms with Gasteiger partial charge in [-0.05, 0) is 43.9 Å². The number of aromatic nitrogens is 2. The first-order valence-corrected chi connectivity index (χ1v) is 8.67. The number of carbonyl (C=O) groups is 1. The summed E-state index contributed by atoms with van der Waals surface area (Å²) in [6, 6.07) is 5.56. The van der Waals surface area contributed by atoms with Crippen LogP contribution in [0.4, 0.5) is 5.82 Å². The molecule has 1 aliphatic heterocycles. The maximum atomic E-state index is 13.1. The number of fused-ring (bicyclic) bond motifs is 1. The van der Waals surface area contributed by atoms with Crippen molar-refractivity contribution in [2.24, 2.45) is 0 Å². The van der Waals surface area contributed by atoms with E-state index in [0.717, 1.165) is 37.9 Å². The van der Waals surface area contributed by atoms with Gasteiger partial charge in [0.2, 0.25) is 0 Å². The first kappa shape index (κ1) is 17.7. The van der Waals surface area contributed by atoms with Gasteiger partial charge in [0, 0.05) is 26.3 Å². The average Bonchev–Trinajstić information content (AvgIpc) is 2.68. The maximum absolute atomic E-state index is 13.1. The first-order valence-electron chi connectivity index (χ1n) is 8.67. The summed E-state index contributed by atoms with van der Waals surface area (Å²) in [6.45, 7) is 3.51. The zero-order valence-corrected chi connectivity index (χ0v) is 15.0. The molecule has 3 heterocycles. The largest absolute Gasteiger partial charge is 0.356 e. The van der Waals surface area contributed by atoms with E-state index in [1.54, 1.807) is 12.3 Å². The van der Waals surface area contributed by atoms with Crippen LogP contribution in [0.2, 0.25) is 0 Å². The molecule has 1 aliphatic rings. The van der Waals surface area contributed by atoms with Gasteiger partial charge in [0.25, 0.3) is 11.5 Å². The van der Waals surface area contributed by atoms with Gasteiger partial charge in [-0.3, -0.25) is 14.0 Å². The van der Waals surface area contributed by atoms with Crippen molar-refractivity contribution >= 4 is 23.4 Å². The first-order chi connectivity index (χ1) is 12.6. The molecule has 1 saturated heterocycles. The minimum atomic E-state index is -0.522. The van der Waals surface area contributed by atoms with Gasteiger partial charge in [-0.15, -0.1) is 0 Å². The molecule has 0 atom stereocenters. The number of nitrogens with one attached hydrogen (secondary N) is 1. The Hall–Kier alpha value is -3.14. The quantitative estimate of drug-likeness (QED) is 0.671.